The molecule has 96 valence electrons. The molecular formula is C12H25ClN2O. The van der Waals surface area contributed by atoms with Crippen LogP contribution in [0.3, 0.4) is 0 Å². The molecule has 16 heavy (non-hydrogen) atoms. The summed E-state index contributed by atoms with van der Waals surface area (Å²) < 4.78 is 0. The van der Waals surface area contributed by atoms with Crippen LogP contribution in [-0.4, -0.2) is 29.4 Å². The van der Waals surface area contributed by atoms with Crippen molar-refractivity contribution in [2.75, 3.05) is 6.54 Å². The molecule has 4 heteroatoms. The Morgan fingerprint density at radius 1 is 1.50 bits per heavy atom. The summed E-state index contributed by atoms with van der Waals surface area (Å²) in [7, 11) is 0. The maximum atomic E-state index is 12.1. The van der Waals surface area contributed by atoms with Crippen LogP contribution in [0.15, 0.2) is 0 Å². The molecule has 3 unspecified atom stereocenters. The molecule has 1 aliphatic heterocycles. The van der Waals surface area contributed by atoms with E-state index in [9.17, 15) is 4.79 Å². The molecule has 0 aromatic carbocycles. The monoisotopic (exact) mass is 248 g/mol. The van der Waals surface area contributed by atoms with Crippen LogP contribution in [0.1, 0.15) is 46.5 Å². The number of nitrogens with zero attached hydrogens (tertiary/aromatic N) is 1. The van der Waals surface area contributed by atoms with E-state index in [1.165, 1.54) is 6.42 Å². The summed E-state index contributed by atoms with van der Waals surface area (Å²) in [4.78, 5) is 14.1. The van der Waals surface area contributed by atoms with Crippen LogP contribution in [-0.2, 0) is 4.79 Å². The number of carbonyl (C=O) groups is 1. The topological polar surface area (TPSA) is 46.3 Å². The Hall–Kier alpha value is -0.280. The highest BCUT2D eigenvalue weighted by atomic mass is 35.5. The van der Waals surface area contributed by atoms with Gasteiger partial charge in [0.1, 0.15) is 0 Å². The van der Waals surface area contributed by atoms with Gasteiger partial charge in [-0.05, 0) is 32.1 Å². The van der Waals surface area contributed by atoms with Crippen molar-refractivity contribution in [3.05, 3.63) is 0 Å². The first-order chi connectivity index (χ1) is 7.07. The van der Waals surface area contributed by atoms with Crippen LogP contribution in [0.4, 0.5) is 0 Å². The van der Waals surface area contributed by atoms with Gasteiger partial charge in [0.25, 0.3) is 0 Å². The van der Waals surface area contributed by atoms with E-state index in [-0.39, 0.29) is 30.3 Å². The van der Waals surface area contributed by atoms with E-state index < -0.39 is 0 Å². The molecule has 3 nitrogen and oxygen atoms in total. The first-order valence-electron chi connectivity index (χ1n) is 6.14. The zero-order valence-electron chi connectivity index (χ0n) is 10.6. The van der Waals surface area contributed by atoms with Crippen molar-refractivity contribution in [3.63, 3.8) is 0 Å². The summed E-state index contributed by atoms with van der Waals surface area (Å²) in [5.41, 5.74) is 5.97. The van der Waals surface area contributed by atoms with Gasteiger partial charge in [-0.1, -0.05) is 20.3 Å². The normalized spacial score (nSPS) is 24.5. The summed E-state index contributed by atoms with van der Waals surface area (Å²) in [5.74, 6) is 0.433. The molecule has 0 radical (unpaired) electrons. The van der Waals surface area contributed by atoms with E-state index in [4.69, 9.17) is 5.73 Å². The van der Waals surface area contributed by atoms with Crippen LogP contribution >= 0.6 is 12.4 Å². The highest BCUT2D eigenvalue weighted by Gasteiger charge is 2.29. The molecule has 1 aliphatic rings. The average Bonchev–Trinajstić information content (AvgIpc) is 2.26. The number of carbonyl (C=O) groups excluding carboxylic acids is 1. The van der Waals surface area contributed by atoms with E-state index in [1.54, 1.807) is 0 Å². The largest absolute Gasteiger partial charge is 0.339 e. The highest BCUT2D eigenvalue weighted by Crippen LogP contribution is 2.19. The van der Waals surface area contributed by atoms with Crippen LogP contribution < -0.4 is 5.73 Å². The van der Waals surface area contributed by atoms with Crippen LogP contribution in [0.2, 0.25) is 0 Å². The highest BCUT2D eigenvalue weighted by molar-refractivity contribution is 5.85. The number of amides is 1. The summed E-state index contributed by atoms with van der Waals surface area (Å²) >= 11 is 0. The second kappa shape index (κ2) is 7.13. The zero-order valence-corrected chi connectivity index (χ0v) is 11.4. The zero-order chi connectivity index (χ0) is 11.4. The SMILES string of the molecule is CCC(C)C(N)C(=O)N1CCCCC1C.Cl. The molecule has 0 aliphatic carbocycles. The van der Waals surface area contributed by atoms with Gasteiger partial charge in [0.2, 0.25) is 5.91 Å². The number of hydrogen-bond acceptors (Lipinski definition) is 2. The predicted molar refractivity (Wildman–Crippen MR) is 69.7 cm³/mol. The Morgan fingerprint density at radius 3 is 2.62 bits per heavy atom. The van der Waals surface area contributed by atoms with E-state index in [0.29, 0.717) is 6.04 Å². The van der Waals surface area contributed by atoms with Crippen LogP contribution in [0.5, 0.6) is 0 Å². The fourth-order valence-corrected chi connectivity index (χ4v) is 2.11. The fraction of sp³-hybridized carbons (Fsp3) is 0.917. The second-order valence-corrected chi connectivity index (χ2v) is 4.79. The third-order valence-corrected chi connectivity index (χ3v) is 3.63. The molecule has 0 bridgehead atoms. The third kappa shape index (κ3) is 3.63. The van der Waals surface area contributed by atoms with Crippen molar-refractivity contribution in [3.8, 4) is 0 Å². The van der Waals surface area contributed by atoms with E-state index in [2.05, 4.69) is 20.8 Å². The molecule has 3 atom stereocenters. The lowest BCUT2D eigenvalue weighted by molar-refractivity contribution is -0.137. The van der Waals surface area contributed by atoms with Crippen molar-refractivity contribution in [2.24, 2.45) is 11.7 Å². The van der Waals surface area contributed by atoms with E-state index in [0.717, 1.165) is 25.8 Å². The van der Waals surface area contributed by atoms with Gasteiger partial charge in [-0.3, -0.25) is 4.79 Å². The molecule has 0 aromatic rings. The van der Waals surface area contributed by atoms with Crippen molar-refractivity contribution in [2.45, 2.75) is 58.5 Å². The summed E-state index contributed by atoms with van der Waals surface area (Å²) in [6.07, 6.45) is 4.46. The molecule has 0 saturated carbocycles. The number of rotatable bonds is 3. The Labute approximate surface area is 105 Å². The molecule has 1 amide bonds. The molecule has 1 saturated heterocycles. The lowest BCUT2D eigenvalue weighted by atomic mass is 9.96. The van der Waals surface area contributed by atoms with Crippen molar-refractivity contribution in [1.82, 2.24) is 4.90 Å². The first kappa shape index (κ1) is 15.7. The predicted octanol–water partition coefficient (Wildman–Crippen LogP) is 2.18. The van der Waals surface area contributed by atoms with Gasteiger partial charge >= 0.3 is 0 Å². The van der Waals surface area contributed by atoms with Gasteiger partial charge in [-0.2, -0.15) is 0 Å². The lowest BCUT2D eigenvalue weighted by Gasteiger charge is -2.36. The Morgan fingerprint density at radius 2 is 2.12 bits per heavy atom. The number of likely N-dealkylation sites (tertiary alicyclic amines) is 1. The maximum Gasteiger partial charge on any atom is 0.239 e. The van der Waals surface area contributed by atoms with Crippen molar-refractivity contribution in [1.29, 1.82) is 0 Å². The molecule has 2 N–H and O–H groups in total. The van der Waals surface area contributed by atoms with Crippen molar-refractivity contribution >= 4 is 18.3 Å². The van der Waals surface area contributed by atoms with Gasteiger partial charge in [0, 0.05) is 12.6 Å². The van der Waals surface area contributed by atoms with Gasteiger partial charge < -0.3 is 10.6 Å². The molecule has 0 aromatic heterocycles. The minimum atomic E-state index is -0.310. The number of nitrogens with two attached hydrogens (primary N) is 1. The quantitative estimate of drug-likeness (QED) is 0.832. The summed E-state index contributed by atoms with van der Waals surface area (Å²) in [6.45, 7) is 7.15. The Bertz CT molecular complexity index is 223. The van der Waals surface area contributed by atoms with Crippen LogP contribution in [0.25, 0.3) is 0 Å². The summed E-state index contributed by atoms with van der Waals surface area (Å²) in [6, 6.07) is 0.0666. The molecule has 1 rings (SSSR count). The average molecular weight is 249 g/mol. The van der Waals surface area contributed by atoms with Gasteiger partial charge in [-0.25, -0.2) is 0 Å². The lowest BCUT2D eigenvalue weighted by Crippen LogP contribution is -2.51. The molecular weight excluding hydrogens is 224 g/mol. The van der Waals surface area contributed by atoms with Gasteiger partial charge in [0.15, 0.2) is 0 Å². The molecule has 1 fully saturated rings. The van der Waals surface area contributed by atoms with E-state index in [1.807, 2.05) is 4.90 Å². The smallest absolute Gasteiger partial charge is 0.239 e. The third-order valence-electron chi connectivity index (χ3n) is 3.63. The number of halogens is 1. The molecule has 0 spiro atoms. The standard InChI is InChI=1S/C12H24N2O.ClH/c1-4-9(2)11(13)12(15)14-8-6-5-7-10(14)3;/h9-11H,4-8,13H2,1-3H3;1H. The van der Waals surface area contributed by atoms with Crippen LogP contribution in [0, 0.1) is 5.92 Å². The molecule has 1 heterocycles. The second-order valence-electron chi connectivity index (χ2n) is 4.79. The number of piperidine rings is 1. The Balaban J connectivity index is 0.00000225. The van der Waals surface area contributed by atoms with E-state index >= 15 is 0 Å². The van der Waals surface area contributed by atoms with Crippen molar-refractivity contribution < 1.29 is 4.79 Å². The first-order valence-corrected chi connectivity index (χ1v) is 6.14. The maximum absolute atomic E-state index is 12.1. The number of hydrogen-bond donors (Lipinski definition) is 1. The minimum Gasteiger partial charge on any atom is -0.339 e. The fourth-order valence-electron chi connectivity index (χ4n) is 2.11. The summed E-state index contributed by atoms with van der Waals surface area (Å²) in [5, 5.41) is 0. The van der Waals surface area contributed by atoms with Gasteiger partial charge in [0.05, 0.1) is 6.04 Å². The van der Waals surface area contributed by atoms with Gasteiger partial charge in [-0.15, -0.1) is 12.4 Å². The minimum absolute atomic E-state index is 0. The Kier molecular flexibility index (Phi) is 7.00.